The highest BCUT2D eigenvalue weighted by molar-refractivity contribution is 6.08. The highest BCUT2D eigenvalue weighted by Gasteiger charge is 2.20. The van der Waals surface area contributed by atoms with Crippen LogP contribution in [0.25, 0.3) is 10.9 Å². The maximum absolute atomic E-state index is 13.1. The van der Waals surface area contributed by atoms with Crippen molar-refractivity contribution >= 4 is 16.8 Å². The second kappa shape index (κ2) is 4.12. The molecule has 0 fully saturated rings. The minimum Gasteiger partial charge on any atom is -0.358 e. The van der Waals surface area contributed by atoms with Crippen LogP contribution >= 0.6 is 0 Å². The molecule has 0 atom stereocenters. The Balaban J connectivity index is 2.51. The average molecular weight is 248 g/mol. The van der Waals surface area contributed by atoms with Gasteiger partial charge in [-0.15, -0.1) is 0 Å². The van der Waals surface area contributed by atoms with Crippen LogP contribution < -0.4 is 5.32 Å². The molecular weight excluding hydrogens is 231 g/mol. The monoisotopic (exact) mass is 248 g/mol. The molecule has 0 bridgehead atoms. The highest BCUT2D eigenvalue weighted by atomic mass is 19.1. The second-order valence-corrected chi connectivity index (χ2v) is 5.52. The van der Waals surface area contributed by atoms with Gasteiger partial charge in [0, 0.05) is 22.1 Å². The molecule has 96 valence electrons. The number of hydrogen-bond donors (Lipinski definition) is 2. The van der Waals surface area contributed by atoms with Crippen LogP contribution in [0.2, 0.25) is 0 Å². The Bertz CT molecular complexity index is 608. The first-order valence-corrected chi connectivity index (χ1v) is 5.88. The molecule has 3 nitrogen and oxygen atoms in total. The van der Waals surface area contributed by atoms with Crippen molar-refractivity contribution < 1.29 is 9.18 Å². The van der Waals surface area contributed by atoms with E-state index in [1.54, 1.807) is 6.07 Å². The predicted octanol–water partition coefficient (Wildman–Crippen LogP) is 3.14. The normalized spacial score (nSPS) is 11.8. The van der Waals surface area contributed by atoms with Gasteiger partial charge < -0.3 is 10.3 Å². The molecule has 1 heterocycles. The van der Waals surface area contributed by atoms with Crippen LogP contribution in [0.1, 0.15) is 36.8 Å². The van der Waals surface area contributed by atoms with Crippen molar-refractivity contribution in [1.29, 1.82) is 0 Å². The zero-order valence-electron chi connectivity index (χ0n) is 11.0. The largest absolute Gasteiger partial charge is 0.358 e. The molecule has 1 aromatic carbocycles. The smallest absolute Gasteiger partial charge is 0.254 e. The third kappa shape index (κ3) is 2.37. The summed E-state index contributed by atoms with van der Waals surface area (Å²) in [6, 6.07) is 4.39. The molecule has 0 saturated carbocycles. The molecule has 0 aliphatic heterocycles. The molecule has 2 aromatic rings. The molecule has 0 aliphatic carbocycles. The number of fused-ring (bicyclic) bond motifs is 1. The van der Waals surface area contributed by atoms with Gasteiger partial charge in [0.2, 0.25) is 0 Å². The topological polar surface area (TPSA) is 44.9 Å². The van der Waals surface area contributed by atoms with Crippen molar-refractivity contribution in [3.05, 3.63) is 35.3 Å². The van der Waals surface area contributed by atoms with E-state index in [9.17, 15) is 9.18 Å². The zero-order valence-corrected chi connectivity index (χ0v) is 11.0. The summed E-state index contributed by atoms with van der Waals surface area (Å²) in [6.07, 6.45) is 0. The fraction of sp³-hybridized carbons (Fsp3) is 0.357. The maximum atomic E-state index is 13.1. The van der Waals surface area contributed by atoms with Crippen molar-refractivity contribution in [2.75, 3.05) is 0 Å². The fourth-order valence-corrected chi connectivity index (χ4v) is 2.00. The van der Waals surface area contributed by atoms with Crippen LogP contribution in [0.5, 0.6) is 0 Å². The molecule has 0 saturated heterocycles. The summed E-state index contributed by atoms with van der Waals surface area (Å²) < 4.78 is 13.1. The zero-order chi connectivity index (χ0) is 13.5. The fourth-order valence-electron chi connectivity index (χ4n) is 2.00. The summed E-state index contributed by atoms with van der Waals surface area (Å²) >= 11 is 0. The summed E-state index contributed by atoms with van der Waals surface area (Å²) in [5.41, 5.74) is 1.68. The second-order valence-electron chi connectivity index (χ2n) is 5.52. The van der Waals surface area contributed by atoms with E-state index in [1.165, 1.54) is 12.1 Å². The Kier molecular flexibility index (Phi) is 2.89. The quantitative estimate of drug-likeness (QED) is 0.800. The minimum atomic E-state index is -0.313. The van der Waals surface area contributed by atoms with Crippen molar-refractivity contribution in [2.45, 2.75) is 33.2 Å². The minimum absolute atomic E-state index is 0.141. The first kappa shape index (κ1) is 12.6. The van der Waals surface area contributed by atoms with E-state index in [1.807, 2.05) is 27.7 Å². The van der Waals surface area contributed by atoms with Crippen LogP contribution in [-0.2, 0) is 0 Å². The Labute approximate surface area is 105 Å². The number of H-pyrrole nitrogens is 1. The van der Waals surface area contributed by atoms with Crippen molar-refractivity contribution in [3.63, 3.8) is 0 Å². The van der Waals surface area contributed by atoms with Crippen LogP contribution in [0, 0.1) is 12.7 Å². The van der Waals surface area contributed by atoms with Gasteiger partial charge in [-0.25, -0.2) is 4.39 Å². The third-order valence-corrected chi connectivity index (χ3v) is 2.66. The van der Waals surface area contributed by atoms with E-state index < -0.39 is 0 Å². The number of aromatic nitrogens is 1. The third-order valence-electron chi connectivity index (χ3n) is 2.66. The molecule has 1 aromatic heterocycles. The van der Waals surface area contributed by atoms with E-state index in [4.69, 9.17) is 0 Å². The van der Waals surface area contributed by atoms with Crippen LogP contribution in [0.3, 0.4) is 0 Å². The van der Waals surface area contributed by atoms with Gasteiger partial charge in [-0.05, 0) is 45.9 Å². The van der Waals surface area contributed by atoms with E-state index in [2.05, 4.69) is 10.3 Å². The number of benzene rings is 1. The van der Waals surface area contributed by atoms with Gasteiger partial charge in [-0.1, -0.05) is 0 Å². The SMILES string of the molecule is Cc1[nH]c2cc(F)ccc2c1C(=O)NC(C)(C)C. The van der Waals surface area contributed by atoms with Crippen LogP contribution in [-0.4, -0.2) is 16.4 Å². The number of carbonyl (C=O) groups is 1. The number of amides is 1. The number of halogens is 1. The summed E-state index contributed by atoms with van der Waals surface area (Å²) in [5.74, 6) is -0.454. The average Bonchev–Trinajstić information content (AvgIpc) is 2.50. The summed E-state index contributed by atoms with van der Waals surface area (Å²) in [6.45, 7) is 7.59. The Morgan fingerprint density at radius 3 is 2.61 bits per heavy atom. The highest BCUT2D eigenvalue weighted by Crippen LogP contribution is 2.23. The van der Waals surface area contributed by atoms with Crippen LogP contribution in [0.15, 0.2) is 18.2 Å². The summed E-state index contributed by atoms with van der Waals surface area (Å²) in [7, 11) is 0. The number of hydrogen-bond acceptors (Lipinski definition) is 1. The Morgan fingerprint density at radius 2 is 2.00 bits per heavy atom. The number of aryl methyl sites for hydroxylation is 1. The molecule has 0 aliphatic rings. The lowest BCUT2D eigenvalue weighted by atomic mass is 10.1. The number of carbonyl (C=O) groups excluding carboxylic acids is 1. The van der Waals surface area contributed by atoms with E-state index >= 15 is 0 Å². The molecule has 0 radical (unpaired) electrons. The lowest BCUT2D eigenvalue weighted by Crippen LogP contribution is -2.40. The Hall–Kier alpha value is -1.84. The summed E-state index contributed by atoms with van der Waals surface area (Å²) in [5, 5.41) is 3.66. The molecule has 4 heteroatoms. The molecular formula is C14H17FN2O. The standard InChI is InChI=1S/C14H17FN2O/c1-8-12(13(18)17-14(2,3)4)10-6-5-9(15)7-11(10)16-8/h5-7,16H,1-4H3,(H,17,18). The van der Waals surface area contributed by atoms with E-state index in [0.29, 0.717) is 11.1 Å². The molecule has 1 amide bonds. The maximum Gasteiger partial charge on any atom is 0.254 e. The van der Waals surface area contributed by atoms with Gasteiger partial charge in [-0.3, -0.25) is 4.79 Å². The lowest BCUT2D eigenvalue weighted by molar-refractivity contribution is 0.0920. The molecule has 2 rings (SSSR count). The van der Waals surface area contributed by atoms with Gasteiger partial charge >= 0.3 is 0 Å². The van der Waals surface area contributed by atoms with Crippen molar-refractivity contribution in [1.82, 2.24) is 10.3 Å². The number of nitrogens with one attached hydrogen (secondary N) is 2. The van der Waals surface area contributed by atoms with Crippen molar-refractivity contribution in [2.24, 2.45) is 0 Å². The number of rotatable bonds is 1. The first-order chi connectivity index (χ1) is 8.28. The Morgan fingerprint density at radius 1 is 1.33 bits per heavy atom. The molecule has 0 spiro atoms. The van der Waals surface area contributed by atoms with E-state index in [0.717, 1.165) is 11.1 Å². The van der Waals surface area contributed by atoms with Gasteiger partial charge in [-0.2, -0.15) is 0 Å². The van der Waals surface area contributed by atoms with Gasteiger partial charge in [0.05, 0.1) is 5.56 Å². The molecule has 0 unspecified atom stereocenters. The molecule has 18 heavy (non-hydrogen) atoms. The van der Waals surface area contributed by atoms with E-state index in [-0.39, 0.29) is 17.3 Å². The first-order valence-electron chi connectivity index (χ1n) is 5.88. The van der Waals surface area contributed by atoms with Gasteiger partial charge in [0.25, 0.3) is 5.91 Å². The molecule has 2 N–H and O–H groups in total. The van der Waals surface area contributed by atoms with Gasteiger partial charge in [0.15, 0.2) is 0 Å². The number of aromatic amines is 1. The predicted molar refractivity (Wildman–Crippen MR) is 70.2 cm³/mol. The lowest BCUT2D eigenvalue weighted by Gasteiger charge is -2.20. The van der Waals surface area contributed by atoms with Crippen LogP contribution in [0.4, 0.5) is 4.39 Å². The van der Waals surface area contributed by atoms with Gasteiger partial charge in [0.1, 0.15) is 5.82 Å². The van der Waals surface area contributed by atoms with Crippen molar-refractivity contribution in [3.8, 4) is 0 Å². The summed E-state index contributed by atoms with van der Waals surface area (Å²) in [4.78, 5) is 15.3.